The van der Waals surface area contributed by atoms with Crippen LogP contribution in [-0.2, 0) is 11.2 Å². The first kappa shape index (κ1) is 12.4. The molecule has 0 spiro atoms. The summed E-state index contributed by atoms with van der Waals surface area (Å²) in [4.78, 5) is 13.1. The molecule has 0 atom stereocenters. The Balaban J connectivity index is 1.92. The van der Waals surface area contributed by atoms with Crippen molar-refractivity contribution in [1.29, 1.82) is 0 Å². The zero-order valence-corrected chi connectivity index (χ0v) is 11.7. The lowest BCUT2D eigenvalue weighted by Gasteiger charge is -2.06. The summed E-state index contributed by atoms with van der Waals surface area (Å²) in [5.41, 5.74) is 2.77. The van der Waals surface area contributed by atoms with Gasteiger partial charge in [-0.15, -0.1) is 11.3 Å². The van der Waals surface area contributed by atoms with Gasteiger partial charge in [-0.25, -0.2) is 0 Å². The van der Waals surface area contributed by atoms with Gasteiger partial charge < -0.3 is 5.32 Å². The van der Waals surface area contributed by atoms with Crippen molar-refractivity contribution in [2.24, 2.45) is 5.92 Å². The number of anilines is 1. The summed E-state index contributed by atoms with van der Waals surface area (Å²) in [6, 6.07) is 4.03. The normalized spacial score (nSPS) is 14.6. The lowest BCUT2D eigenvalue weighted by molar-refractivity contribution is -0.117. The van der Waals surface area contributed by atoms with Gasteiger partial charge in [-0.05, 0) is 30.7 Å². The van der Waals surface area contributed by atoms with Crippen LogP contribution < -0.4 is 5.32 Å². The third kappa shape index (κ3) is 2.56. The Bertz CT molecular complexity index is 570. The fourth-order valence-corrected chi connectivity index (χ4v) is 2.83. The minimum atomic E-state index is 0.136. The van der Waals surface area contributed by atoms with Crippen molar-refractivity contribution in [3.05, 3.63) is 23.2 Å². The van der Waals surface area contributed by atoms with Crippen LogP contribution in [0.25, 0.3) is 10.6 Å². The molecule has 1 fully saturated rings. The lowest BCUT2D eigenvalue weighted by Crippen LogP contribution is -2.14. The van der Waals surface area contributed by atoms with Crippen molar-refractivity contribution in [3.8, 4) is 10.6 Å². The monoisotopic (exact) mass is 275 g/mol. The second-order valence-corrected chi connectivity index (χ2v) is 5.86. The average Bonchev–Trinajstić information content (AvgIpc) is 2.99. The number of carbonyl (C=O) groups excluding carboxylic acids is 1. The Labute approximate surface area is 116 Å². The highest BCUT2D eigenvalue weighted by molar-refractivity contribution is 7.13. The highest BCUT2D eigenvalue weighted by Gasteiger charge is 2.31. The number of hydrogen-bond acceptors (Lipinski definition) is 3. The molecule has 19 heavy (non-hydrogen) atoms. The molecule has 1 aliphatic rings. The van der Waals surface area contributed by atoms with E-state index < -0.39 is 0 Å². The van der Waals surface area contributed by atoms with Crippen molar-refractivity contribution in [1.82, 2.24) is 10.2 Å². The Hall–Kier alpha value is -1.62. The van der Waals surface area contributed by atoms with Crippen LogP contribution in [0.2, 0.25) is 0 Å². The number of nitrogens with one attached hydrogen (secondary N) is 2. The van der Waals surface area contributed by atoms with E-state index in [-0.39, 0.29) is 11.8 Å². The van der Waals surface area contributed by atoms with E-state index in [4.69, 9.17) is 0 Å². The maximum atomic E-state index is 12.0. The molecule has 0 unspecified atom stereocenters. The number of nitrogens with zero attached hydrogens (tertiary/aromatic N) is 1. The summed E-state index contributed by atoms with van der Waals surface area (Å²) in [5, 5.41) is 12.5. The standard InChI is InChI=1S/C14H17N3OS/c1-2-4-10-12(15-14(18)9-6-7-9)13(17-16-10)11-5-3-8-19-11/h3,5,8-9H,2,4,6-7H2,1H3,(H,15,18)(H,16,17). The van der Waals surface area contributed by atoms with Crippen LogP contribution in [0.15, 0.2) is 17.5 Å². The largest absolute Gasteiger partial charge is 0.322 e. The van der Waals surface area contributed by atoms with Crippen molar-refractivity contribution in [2.45, 2.75) is 32.6 Å². The number of aromatic nitrogens is 2. The van der Waals surface area contributed by atoms with E-state index in [1.54, 1.807) is 11.3 Å². The molecule has 0 aromatic carbocycles. The van der Waals surface area contributed by atoms with Crippen molar-refractivity contribution in [3.63, 3.8) is 0 Å². The summed E-state index contributed by atoms with van der Waals surface area (Å²) < 4.78 is 0. The number of amides is 1. The topological polar surface area (TPSA) is 57.8 Å². The van der Waals surface area contributed by atoms with Gasteiger partial charge in [0.15, 0.2) is 0 Å². The Kier molecular flexibility index (Phi) is 3.38. The molecular weight excluding hydrogens is 258 g/mol. The number of aromatic amines is 1. The van der Waals surface area contributed by atoms with Crippen LogP contribution in [0.4, 0.5) is 5.69 Å². The van der Waals surface area contributed by atoms with Crippen molar-refractivity contribution in [2.75, 3.05) is 5.32 Å². The molecule has 4 nitrogen and oxygen atoms in total. The van der Waals surface area contributed by atoms with Gasteiger partial charge in [0.05, 0.1) is 16.3 Å². The maximum Gasteiger partial charge on any atom is 0.227 e. The number of thiophene rings is 1. The zero-order chi connectivity index (χ0) is 13.2. The molecule has 1 aliphatic carbocycles. The van der Waals surface area contributed by atoms with Crippen LogP contribution in [0.5, 0.6) is 0 Å². The minimum Gasteiger partial charge on any atom is -0.322 e. The summed E-state index contributed by atoms with van der Waals surface area (Å²) >= 11 is 1.64. The van der Waals surface area contributed by atoms with E-state index in [1.165, 1.54) is 0 Å². The van der Waals surface area contributed by atoms with Gasteiger partial charge in [0.1, 0.15) is 5.69 Å². The SMILES string of the molecule is CCCc1[nH]nc(-c2cccs2)c1NC(=O)C1CC1. The van der Waals surface area contributed by atoms with Gasteiger partial charge in [0, 0.05) is 5.92 Å². The van der Waals surface area contributed by atoms with E-state index in [0.29, 0.717) is 0 Å². The van der Waals surface area contributed by atoms with Crippen molar-refractivity contribution >= 4 is 22.9 Å². The number of carbonyl (C=O) groups is 1. The van der Waals surface area contributed by atoms with Crippen LogP contribution in [0.1, 0.15) is 31.9 Å². The molecule has 0 saturated heterocycles. The van der Waals surface area contributed by atoms with Gasteiger partial charge in [0.25, 0.3) is 0 Å². The van der Waals surface area contributed by atoms with Gasteiger partial charge in [-0.2, -0.15) is 5.10 Å². The third-order valence-electron chi connectivity index (χ3n) is 3.29. The summed E-state index contributed by atoms with van der Waals surface area (Å²) in [7, 11) is 0. The first-order chi connectivity index (χ1) is 9.29. The van der Waals surface area contributed by atoms with E-state index in [0.717, 1.165) is 47.6 Å². The third-order valence-corrected chi connectivity index (χ3v) is 4.17. The van der Waals surface area contributed by atoms with Gasteiger partial charge >= 0.3 is 0 Å². The van der Waals surface area contributed by atoms with Crippen LogP contribution in [0.3, 0.4) is 0 Å². The highest BCUT2D eigenvalue weighted by atomic mass is 32.1. The van der Waals surface area contributed by atoms with Gasteiger partial charge in [-0.1, -0.05) is 19.4 Å². The number of aryl methyl sites for hydroxylation is 1. The molecule has 0 bridgehead atoms. The summed E-state index contributed by atoms with van der Waals surface area (Å²) in [6.45, 7) is 2.12. The first-order valence-electron chi connectivity index (χ1n) is 6.71. The molecule has 0 radical (unpaired) electrons. The maximum absolute atomic E-state index is 12.0. The van der Waals surface area contributed by atoms with E-state index >= 15 is 0 Å². The van der Waals surface area contributed by atoms with E-state index in [9.17, 15) is 4.79 Å². The Morgan fingerprint density at radius 1 is 1.58 bits per heavy atom. The lowest BCUT2D eigenvalue weighted by atomic mass is 10.2. The quantitative estimate of drug-likeness (QED) is 0.878. The molecule has 3 rings (SSSR count). The predicted molar refractivity (Wildman–Crippen MR) is 77.2 cm³/mol. The van der Waals surface area contributed by atoms with E-state index in [2.05, 4.69) is 22.4 Å². The molecule has 100 valence electrons. The van der Waals surface area contributed by atoms with Crippen LogP contribution in [-0.4, -0.2) is 16.1 Å². The zero-order valence-electron chi connectivity index (χ0n) is 10.9. The second-order valence-electron chi connectivity index (χ2n) is 4.92. The smallest absolute Gasteiger partial charge is 0.227 e. The van der Waals surface area contributed by atoms with Crippen LogP contribution in [0, 0.1) is 5.92 Å². The highest BCUT2D eigenvalue weighted by Crippen LogP contribution is 2.35. The molecule has 5 heteroatoms. The van der Waals surface area contributed by atoms with Crippen LogP contribution >= 0.6 is 11.3 Å². The fraction of sp³-hybridized carbons (Fsp3) is 0.429. The van der Waals surface area contributed by atoms with Crippen molar-refractivity contribution < 1.29 is 4.79 Å². The predicted octanol–water partition coefficient (Wildman–Crippen LogP) is 3.44. The Morgan fingerprint density at radius 2 is 2.42 bits per heavy atom. The van der Waals surface area contributed by atoms with Gasteiger partial charge in [-0.3, -0.25) is 9.89 Å². The minimum absolute atomic E-state index is 0.136. The first-order valence-corrected chi connectivity index (χ1v) is 7.59. The number of rotatable bonds is 5. The molecule has 2 heterocycles. The van der Waals surface area contributed by atoms with E-state index in [1.807, 2.05) is 17.5 Å². The Morgan fingerprint density at radius 3 is 3.05 bits per heavy atom. The number of H-pyrrole nitrogens is 1. The molecule has 0 aliphatic heterocycles. The van der Waals surface area contributed by atoms with Gasteiger partial charge in [0.2, 0.25) is 5.91 Å². The number of hydrogen-bond donors (Lipinski definition) is 2. The molecule has 2 aromatic heterocycles. The molecular formula is C14H17N3OS. The average molecular weight is 275 g/mol. The fourth-order valence-electron chi connectivity index (χ4n) is 2.11. The molecule has 1 saturated carbocycles. The summed E-state index contributed by atoms with van der Waals surface area (Å²) in [5.74, 6) is 0.345. The molecule has 1 amide bonds. The molecule has 2 aromatic rings. The second kappa shape index (κ2) is 5.17. The molecule has 2 N–H and O–H groups in total. The summed E-state index contributed by atoms with van der Waals surface area (Å²) in [6.07, 6.45) is 3.96.